The largest absolute Gasteiger partial charge is 0.377 e. The second-order valence-corrected chi connectivity index (χ2v) is 6.94. The molecule has 1 saturated heterocycles. The zero-order valence-corrected chi connectivity index (χ0v) is 14.6. The Morgan fingerprint density at radius 3 is 2.29 bits per heavy atom. The molecule has 24 heavy (non-hydrogen) atoms. The standard InChI is InChI=1S/C20H26N2O2/c1-15(2)16-8-10-17(11-9-16)19-18(20(23)24-21-19)14-22-12-6-4-3-5-7-13-22/h8-11,14-15H,3-7,12-13H2,1-2H3/b18-14-. The number of oxime groups is 1. The van der Waals surface area contributed by atoms with E-state index in [9.17, 15) is 4.79 Å². The van der Waals surface area contributed by atoms with Crippen LogP contribution in [-0.2, 0) is 9.63 Å². The Balaban J connectivity index is 1.81. The molecule has 0 N–H and O–H groups in total. The van der Waals surface area contributed by atoms with Gasteiger partial charge in [-0.05, 0) is 24.3 Å². The molecule has 2 aliphatic rings. The van der Waals surface area contributed by atoms with Crippen LogP contribution in [0.25, 0.3) is 0 Å². The number of likely N-dealkylation sites (tertiary alicyclic amines) is 1. The van der Waals surface area contributed by atoms with Gasteiger partial charge >= 0.3 is 5.97 Å². The van der Waals surface area contributed by atoms with Crippen molar-refractivity contribution in [1.29, 1.82) is 0 Å². The first-order chi connectivity index (χ1) is 11.6. The lowest BCUT2D eigenvalue weighted by Gasteiger charge is -2.23. The van der Waals surface area contributed by atoms with Gasteiger partial charge in [0.1, 0.15) is 11.3 Å². The summed E-state index contributed by atoms with van der Waals surface area (Å²) in [6, 6.07) is 8.24. The first-order valence-corrected chi connectivity index (χ1v) is 9.01. The van der Waals surface area contributed by atoms with Gasteiger partial charge in [0.2, 0.25) is 0 Å². The van der Waals surface area contributed by atoms with Gasteiger partial charge in [-0.25, -0.2) is 4.79 Å². The number of carbonyl (C=O) groups is 1. The van der Waals surface area contributed by atoms with Gasteiger partial charge in [0.25, 0.3) is 0 Å². The van der Waals surface area contributed by atoms with Gasteiger partial charge in [0.05, 0.1) is 0 Å². The van der Waals surface area contributed by atoms with E-state index in [2.05, 4.69) is 36.0 Å². The van der Waals surface area contributed by atoms with Gasteiger partial charge in [0.15, 0.2) is 0 Å². The second kappa shape index (κ2) is 7.65. The highest BCUT2D eigenvalue weighted by atomic mass is 16.7. The number of benzene rings is 1. The number of hydrogen-bond acceptors (Lipinski definition) is 4. The second-order valence-electron chi connectivity index (χ2n) is 6.94. The summed E-state index contributed by atoms with van der Waals surface area (Å²) in [6.07, 6.45) is 8.16. The van der Waals surface area contributed by atoms with E-state index in [4.69, 9.17) is 4.84 Å². The average molecular weight is 326 g/mol. The van der Waals surface area contributed by atoms with Crippen LogP contribution in [0.5, 0.6) is 0 Å². The molecule has 0 atom stereocenters. The van der Waals surface area contributed by atoms with Gasteiger partial charge in [-0.15, -0.1) is 0 Å². The Morgan fingerprint density at radius 1 is 1.04 bits per heavy atom. The molecule has 0 saturated carbocycles. The molecule has 2 aliphatic heterocycles. The highest BCUT2D eigenvalue weighted by Gasteiger charge is 2.27. The Morgan fingerprint density at radius 2 is 1.67 bits per heavy atom. The van der Waals surface area contributed by atoms with Crippen LogP contribution in [0, 0.1) is 0 Å². The summed E-state index contributed by atoms with van der Waals surface area (Å²) in [6.45, 7) is 6.33. The van der Waals surface area contributed by atoms with Crippen LogP contribution in [0.2, 0.25) is 0 Å². The highest BCUT2D eigenvalue weighted by Crippen LogP contribution is 2.22. The van der Waals surface area contributed by atoms with E-state index in [1.165, 1.54) is 37.7 Å². The fraction of sp³-hybridized carbons (Fsp3) is 0.500. The topological polar surface area (TPSA) is 41.9 Å². The van der Waals surface area contributed by atoms with Crippen molar-refractivity contribution in [1.82, 2.24) is 4.90 Å². The number of rotatable bonds is 3. The van der Waals surface area contributed by atoms with Crippen LogP contribution < -0.4 is 0 Å². The molecule has 128 valence electrons. The molecule has 0 unspecified atom stereocenters. The highest BCUT2D eigenvalue weighted by molar-refractivity contribution is 6.28. The molecule has 3 rings (SSSR count). The van der Waals surface area contributed by atoms with Crippen molar-refractivity contribution in [2.45, 2.75) is 51.9 Å². The summed E-state index contributed by atoms with van der Waals surface area (Å²) in [5, 5.41) is 4.02. The maximum Gasteiger partial charge on any atom is 0.369 e. The van der Waals surface area contributed by atoms with Crippen LogP contribution >= 0.6 is 0 Å². The van der Waals surface area contributed by atoms with Gasteiger partial charge in [-0.2, -0.15) is 0 Å². The van der Waals surface area contributed by atoms with Crippen molar-refractivity contribution < 1.29 is 9.63 Å². The average Bonchev–Trinajstić information content (AvgIpc) is 2.91. The summed E-state index contributed by atoms with van der Waals surface area (Å²) in [4.78, 5) is 19.3. The van der Waals surface area contributed by atoms with Crippen molar-refractivity contribution in [2.75, 3.05) is 13.1 Å². The molecule has 1 aromatic carbocycles. The van der Waals surface area contributed by atoms with E-state index >= 15 is 0 Å². The minimum atomic E-state index is -0.347. The molecular weight excluding hydrogens is 300 g/mol. The quantitative estimate of drug-likeness (QED) is 0.617. The molecule has 0 aliphatic carbocycles. The van der Waals surface area contributed by atoms with Crippen LogP contribution in [0.4, 0.5) is 0 Å². The third-order valence-electron chi connectivity index (χ3n) is 4.75. The van der Waals surface area contributed by atoms with E-state index in [1.54, 1.807) is 0 Å². The maximum atomic E-state index is 12.1. The molecule has 2 heterocycles. The Labute approximate surface area is 144 Å². The van der Waals surface area contributed by atoms with Crippen molar-refractivity contribution in [3.8, 4) is 0 Å². The van der Waals surface area contributed by atoms with Crippen LogP contribution in [0.3, 0.4) is 0 Å². The predicted octanol–water partition coefficient (Wildman–Crippen LogP) is 4.22. The smallest absolute Gasteiger partial charge is 0.369 e. The Hall–Kier alpha value is -2.10. The lowest BCUT2D eigenvalue weighted by Crippen LogP contribution is -2.24. The maximum absolute atomic E-state index is 12.1. The first-order valence-electron chi connectivity index (χ1n) is 9.01. The Kier molecular flexibility index (Phi) is 5.34. The summed E-state index contributed by atoms with van der Waals surface area (Å²) >= 11 is 0. The molecular formula is C20H26N2O2. The lowest BCUT2D eigenvalue weighted by atomic mass is 9.98. The zero-order valence-electron chi connectivity index (χ0n) is 14.6. The monoisotopic (exact) mass is 326 g/mol. The van der Waals surface area contributed by atoms with Gasteiger partial charge in [0, 0.05) is 24.9 Å². The van der Waals surface area contributed by atoms with E-state index in [0.29, 0.717) is 17.2 Å². The molecule has 0 bridgehead atoms. The zero-order chi connectivity index (χ0) is 16.9. The molecule has 1 fully saturated rings. The third-order valence-corrected chi connectivity index (χ3v) is 4.75. The van der Waals surface area contributed by atoms with Crippen molar-refractivity contribution in [3.05, 3.63) is 47.2 Å². The van der Waals surface area contributed by atoms with E-state index in [1.807, 2.05) is 18.3 Å². The third kappa shape index (κ3) is 3.86. The minimum Gasteiger partial charge on any atom is -0.377 e. The predicted molar refractivity (Wildman–Crippen MR) is 95.9 cm³/mol. The van der Waals surface area contributed by atoms with Gasteiger partial charge < -0.3 is 9.74 Å². The first kappa shape index (κ1) is 16.7. The molecule has 0 spiro atoms. The number of hydrogen-bond donors (Lipinski definition) is 0. The lowest BCUT2D eigenvalue weighted by molar-refractivity contribution is -0.136. The van der Waals surface area contributed by atoms with Gasteiger partial charge in [-0.1, -0.05) is 62.5 Å². The molecule has 1 aromatic rings. The van der Waals surface area contributed by atoms with E-state index in [-0.39, 0.29) is 5.97 Å². The molecule has 0 radical (unpaired) electrons. The fourth-order valence-electron chi connectivity index (χ4n) is 3.21. The molecule has 0 amide bonds. The minimum absolute atomic E-state index is 0.347. The van der Waals surface area contributed by atoms with Crippen molar-refractivity contribution in [3.63, 3.8) is 0 Å². The van der Waals surface area contributed by atoms with Crippen LogP contribution in [0.1, 0.15) is 63.0 Å². The van der Waals surface area contributed by atoms with Gasteiger partial charge in [-0.3, -0.25) is 0 Å². The number of nitrogens with zero attached hydrogens (tertiary/aromatic N) is 2. The summed E-state index contributed by atoms with van der Waals surface area (Å²) in [5.41, 5.74) is 3.44. The number of carbonyl (C=O) groups excluding carboxylic acids is 1. The molecule has 4 heteroatoms. The fourth-order valence-corrected chi connectivity index (χ4v) is 3.21. The van der Waals surface area contributed by atoms with Crippen LogP contribution in [-0.4, -0.2) is 29.7 Å². The van der Waals surface area contributed by atoms with Crippen molar-refractivity contribution in [2.24, 2.45) is 5.16 Å². The molecule has 0 aromatic heterocycles. The SMILES string of the molecule is CC(C)c1ccc(C2=NOC(=O)/C2=C\N2CCCCCCC2)cc1. The van der Waals surface area contributed by atoms with Crippen molar-refractivity contribution >= 4 is 11.7 Å². The molecule has 4 nitrogen and oxygen atoms in total. The summed E-state index contributed by atoms with van der Waals surface area (Å²) in [5.74, 6) is 0.137. The van der Waals surface area contributed by atoms with Crippen LogP contribution in [0.15, 0.2) is 41.2 Å². The van der Waals surface area contributed by atoms with E-state index in [0.717, 1.165) is 18.7 Å². The summed E-state index contributed by atoms with van der Waals surface area (Å²) in [7, 11) is 0. The Bertz CT molecular complexity index is 636. The summed E-state index contributed by atoms with van der Waals surface area (Å²) < 4.78 is 0. The van der Waals surface area contributed by atoms with E-state index < -0.39 is 0 Å². The normalized spacial score (nSPS) is 20.8.